The van der Waals surface area contributed by atoms with Crippen LogP contribution in [0.15, 0.2) is 24.3 Å². The van der Waals surface area contributed by atoms with Crippen molar-refractivity contribution >= 4 is 0 Å². The molecule has 0 radical (unpaired) electrons. The molecule has 12 heteroatoms. The first kappa shape index (κ1) is 24.7. The molecule has 0 bridgehead atoms. The standard InChI is InChI=1S/C20H27NO11/c1-8-13(24)15(26)17(28)19(29-8)32-18-16(27)14(25)12(7-22)31-20(18)30-11(6-21)9-2-4-10(23)5-3-9/h2-5,8,11-20,22-28H,7H2,1H3/t8-,11?,12+,13-,14+,15+,16-,17+,18+,19-,20+/m0/s1. The van der Waals surface area contributed by atoms with Crippen LogP contribution in [0.3, 0.4) is 0 Å². The Bertz CT molecular complexity index is 787. The van der Waals surface area contributed by atoms with E-state index in [0.717, 1.165) is 0 Å². The maximum Gasteiger partial charge on any atom is 0.189 e. The highest BCUT2D eigenvalue weighted by Crippen LogP contribution is 2.32. The molecule has 1 unspecified atom stereocenters. The number of aromatic hydroxyl groups is 1. The number of aliphatic hydroxyl groups excluding tert-OH is 6. The fraction of sp³-hybridized carbons (Fsp3) is 0.650. The lowest BCUT2D eigenvalue weighted by Gasteiger charge is -2.46. The Morgan fingerprint density at radius 2 is 1.59 bits per heavy atom. The Morgan fingerprint density at radius 1 is 0.938 bits per heavy atom. The summed E-state index contributed by atoms with van der Waals surface area (Å²) < 4.78 is 22.1. The van der Waals surface area contributed by atoms with Crippen molar-refractivity contribution in [2.75, 3.05) is 6.61 Å². The van der Waals surface area contributed by atoms with Gasteiger partial charge in [0.25, 0.3) is 0 Å². The number of rotatable bonds is 6. The van der Waals surface area contributed by atoms with Crippen LogP contribution in [-0.2, 0) is 18.9 Å². The summed E-state index contributed by atoms with van der Waals surface area (Å²) in [6.45, 7) is 0.761. The molecule has 7 N–H and O–H groups in total. The van der Waals surface area contributed by atoms with Crippen molar-refractivity contribution in [1.29, 1.82) is 5.26 Å². The van der Waals surface area contributed by atoms with Gasteiger partial charge < -0.3 is 54.7 Å². The van der Waals surface area contributed by atoms with E-state index in [9.17, 15) is 41.0 Å². The van der Waals surface area contributed by atoms with Crippen LogP contribution in [0.2, 0.25) is 0 Å². The van der Waals surface area contributed by atoms with Crippen LogP contribution in [0.25, 0.3) is 0 Å². The van der Waals surface area contributed by atoms with Gasteiger partial charge in [0.2, 0.25) is 0 Å². The van der Waals surface area contributed by atoms with Crippen LogP contribution >= 0.6 is 0 Å². The third-order valence-electron chi connectivity index (χ3n) is 5.51. The minimum atomic E-state index is -1.70. The lowest BCUT2D eigenvalue weighted by molar-refractivity contribution is -0.367. The smallest absolute Gasteiger partial charge is 0.189 e. The highest BCUT2D eigenvalue weighted by molar-refractivity contribution is 5.29. The summed E-state index contributed by atoms with van der Waals surface area (Å²) in [5.74, 6) is -0.0299. The van der Waals surface area contributed by atoms with Crippen LogP contribution in [0, 0.1) is 11.3 Å². The second-order valence-electron chi connectivity index (χ2n) is 7.73. The van der Waals surface area contributed by atoms with Crippen LogP contribution in [-0.4, -0.2) is 104 Å². The number of phenolic OH excluding ortho intramolecular Hbond substituents is 1. The Balaban J connectivity index is 1.83. The van der Waals surface area contributed by atoms with E-state index in [-0.39, 0.29) is 5.75 Å². The molecule has 2 heterocycles. The molecule has 0 aromatic heterocycles. The SMILES string of the molecule is C[C@@H]1O[C@@H](O[C@H]2[C@H](OC(C#N)c3ccc(O)cc3)O[C@H](CO)[C@@H](O)[C@@H]2O)[C@H](O)[C@H](O)[C@H]1O. The van der Waals surface area contributed by atoms with Gasteiger partial charge in [-0.1, -0.05) is 12.1 Å². The fourth-order valence-corrected chi connectivity index (χ4v) is 3.56. The van der Waals surface area contributed by atoms with Gasteiger partial charge in [-0.25, -0.2) is 0 Å². The van der Waals surface area contributed by atoms with E-state index in [1.165, 1.54) is 31.2 Å². The highest BCUT2D eigenvalue weighted by Gasteiger charge is 2.50. The molecule has 11 atom stereocenters. The third kappa shape index (κ3) is 5.03. The van der Waals surface area contributed by atoms with Gasteiger partial charge in [-0.05, 0) is 24.6 Å². The summed E-state index contributed by atoms with van der Waals surface area (Å²) in [6, 6.07) is 7.45. The molecule has 2 aliphatic rings. The van der Waals surface area contributed by atoms with Gasteiger partial charge in [-0.15, -0.1) is 0 Å². The topological polar surface area (TPSA) is 202 Å². The molecule has 0 spiro atoms. The quantitative estimate of drug-likeness (QED) is 0.239. The van der Waals surface area contributed by atoms with Crippen LogP contribution < -0.4 is 0 Å². The molecule has 178 valence electrons. The molecule has 1 aromatic rings. The van der Waals surface area contributed by atoms with E-state index in [0.29, 0.717) is 5.56 Å². The van der Waals surface area contributed by atoms with Crippen molar-refractivity contribution in [3.63, 3.8) is 0 Å². The largest absolute Gasteiger partial charge is 0.508 e. The zero-order valence-corrected chi connectivity index (χ0v) is 17.1. The maximum absolute atomic E-state index is 10.6. The molecule has 1 aromatic carbocycles. The average molecular weight is 457 g/mol. The summed E-state index contributed by atoms with van der Waals surface area (Å²) in [6.07, 6.45) is -16.0. The van der Waals surface area contributed by atoms with Crippen molar-refractivity contribution in [3.05, 3.63) is 29.8 Å². The van der Waals surface area contributed by atoms with Gasteiger partial charge >= 0.3 is 0 Å². The first-order chi connectivity index (χ1) is 15.2. The highest BCUT2D eigenvalue weighted by atomic mass is 16.8. The predicted octanol–water partition coefficient (Wildman–Crippen LogP) is -2.37. The average Bonchev–Trinajstić information content (AvgIpc) is 2.79. The lowest BCUT2D eigenvalue weighted by Crippen LogP contribution is -2.64. The molecule has 32 heavy (non-hydrogen) atoms. The van der Waals surface area contributed by atoms with Gasteiger partial charge in [-0.3, -0.25) is 0 Å². The minimum absolute atomic E-state index is 0.0299. The summed E-state index contributed by atoms with van der Waals surface area (Å²) >= 11 is 0. The summed E-state index contributed by atoms with van der Waals surface area (Å²) in [7, 11) is 0. The number of hydrogen-bond acceptors (Lipinski definition) is 12. The zero-order valence-electron chi connectivity index (χ0n) is 17.1. The second kappa shape index (κ2) is 10.4. The lowest BCUT2D eigenvalue weighted by atomic mass is 9.97. The first-order valence-electron chi connectivity index (χ1n) is 9.99. The number of aliphatic hydroxyl groups is 6. The number of nitriles is 1. The van der Waals surface area contributed by atoms with E-state index in [1.807, 2.05) is 6.07 Å². The predicted molar refractivity (Wildman–Crippen MR) is 103 cm³/mol. The number of ether oxygens (including phenoxy) is 4. The Kier molecular flexibility index (Phi) is 8.01. The van der Waals surface area contributed by atoms with Gasteiger partial charge in [-0.2, -0.15) is 5.26 Å². The van der Waals surface area contributed by atoms with Crippen molar-refractivity contribution in [1.82, 2.24) is 0 Å². The molecule has 0 saturated carbocycles. The Labute approximate surface area is 183 Å². The van der Waals surface area contributed by atoms with Gasteiger partial charge in [0.05, 0.1) is 18.8 Å². The molecular weight excluding hydrogens is 430 g/mol. The Hall–Kier alpha value is -1.89. The summed E-state index contributed by atoms with van der Waals surface area (Å²) in [4.78, 5) is 0. The van der Waals surface area contributed by atoms with E-state index >= 15 is 0 Å². The maximum atomic E-state index is 10.6. The van der Waals surface area contributed by atoms with Crippen LogP contribution in [0.4, 0.5) is 0 Å². The monoisotopic (exact) mass is 457 g/mol. The zero-order chi connectivity index (χ0) is 23.6. The van der Waals surface area contributed by atoms with Gasteiger partial charge in [0.15, 0.2) is 18.7 Å². The molecular formula is C20H27NO11. The van der Waals surface area contributed by atoms with Crippen molar-refractivity contribution in [2.24, 2.45) is 0 Å². The minimum Gasteiger partial charge on any atom is -0.508 e. The van der Waals surface area contributed by atoms with Crippen molar-refractivity contribution in [2.45, 2.75) is 74.4 Å². The Morgan fingerprint density at radius 3 is 2.19 bits per heavy atom. The number of benzene rings is 1. The molecule has 0 amide bonds. The number of hydrogen-bond donors (Lipinski definition) is 7. The first-order valence-corrected chi connectivity index (χ1v) is 9.99. The normalized spacial score (nSPS) is 41.1. The summed E-state index contributed by atoms with van der Waals surface area (Å²) in [5.41, 5.74) is 0.343. The molecule has 12 nitrogen and oxygen atoms in total. The van der Waals surface area contributed by atoms with Gasteiger partial charge in [0.1, 0.15) is 48.5 Å². The van der Waals surface area contributed by atoms with E-state index in [2.05, 4.69) is 0 Å². The van der Waals surface area contributed by atoms with Crippen LogP contribution in [0.5, 0.6) is 5.75 Å². The fourth-order valence-electron chi connectivity index (χ4n) is 3.56. The molecule has 0 aliphatic carbocycles. The summed E-state index contributed by atoms with van der Waals surface area (Å²) in [5, 5.41) is 79.4. The number of phenols is 1. The molecule has 2 fully saturated rings. The van der Waals surface area contributed by atoms with E-state index in [1.54, 1.807) is 0 Å². The molecule has 2 saturated heterocycles. The second-order valence-corrected chi connectivity index (χ2v) is 7.73. The van der Waals surface area contributed by atoms with Gasteiger partial charge in [0, 0.05) is 0 Å². The third-order valence-corrected chi connectivity index (χ3v) is 5.51. The van der Waals surface area contributed by atoms with E-state index in [4.69, 9.17) is 18.9 Å². The number of nitrogens with zero attached hydrogens (tertiary/aromatic N) is 1. The van der Waals surface area contributed by atoms with Crippen molar-refractivity contribution < 1.29 is 54.7 Å². The molecule has 2 aliphatic heterocycles. The van der Waals surface area contributed by atoms with Crippen molar-refractivity contribution in [3.8, 4) is 11.8 Å². The molecule has 3 rings (SSSR count). The van der Waals surface area contributed by atoms with E-state index < -0.39 is 74.1 Å². The van der Waals surface area contributed by atoms with Crippen LogP contribution in [0.1, 0.15) is 18.6 Å².